The SMILES string of the molecule is O=C(NCCn1cccn1)C1CCC(C(F)(F)F)CN1. The van der Waals surface area contributed by atoms with Crippen LogP contribution in [-0.4, -0.2) is 41.0 Å². The number of rotatable bonds is 4. The van der Waals surface area contributed by atoms with Crippen LogP contribution in [-0.2, 0) is 11.3 Å². The lowest BCUT2D eigenvalue weighted by atomic mass is 9.94. The number of nitrogens with zero attached hydrogens (tertiary/aromatic N) is 2. The van der Waals surface area contributed by atoms with Crippen LogP contribution in [0.2, 0.25) is 0 Å². The van der Waals surface area contributed by atoms with Crippen LogP contribution in [0.1, 0.15) is 12.8 Å². The molecule has 2 atom stereocenters. The van der Waals surface area contributed by atoms with Gasteiger partial charge in [0.05, 0.1) is 18.5 Å². The molecule has 1 amide bonds. The molecule has 1 aliphatic heterocycles. The maximum absolute atomic E-state index is 12.5. The molecular formula is C12H17F3N4O. The van der Waals surface area contributed by atoms with Gasteiger partial charge in [0.15, 0.2) is 0 Å². The molecular weight excluding hydrogens is 273 g/mol. The van der Waals surface area contributed by atoms with Crippen LogP contribution >= 0.6 is 0 Å². The van der Waals surface area contributed by atoms with Crippen LogP contribution in [0.5, 0.6) is 0 Å². The molecule has 20 heavy (non-hydrogen) atoms. The molecule has 2 rings (SSSR count). The second-order valence-electron chi connectivity index (χ2n) is 4.84. The van der Waals surface area contributed by atoms with E-state index in [2.05, 4.69) is 15.7 Å². The minimum atomic E-state index is -4.19. The number of amides is 1. The summed E-state index contributed by atoms with van der Waals surface area (Å²) < 4.78 is 39.1. The van der Waals surface area contributed by atoms with Gasteiger partial charge in [0.1, 0.15) is 0 Å². The average molecular weight is 290 g/mol. The Morgan fingerprint density at radius 2 is 2.25 bits per heavy atom. The monoisotopic (exact) mass is 290 g/mol. The van der Waals surface area contributed by atoms with Gasteiger partial charge in [-0.25, -0.2) is 0 Å². The van der Waals surface area contributed by atoms with Gasteiger partial charge in [0.25, 0.3) is 0 Å². The fourth-order valence-electron chi connectivity index (χ4n) is 2.21. The molecule has 1 aliphatic rings. The van der Waals surface area contributed by atoms with Crippen LogP contribution in [0.25, 0.3) is 0 Å². The van der Waals surface area contributed by atoms with Crippen LogP contribution in [0.3, 0.4) is 0 Å². The molecule has 1 aromatic heterocycles. The summed E-state index contributed by atoms with van der Waals surface area (Å²) in [5.41, 5.74) is 0. The Balaban J connectivity index is 1.69. The van der Waals surface area contributed by atoms with Crippen molar-refractivity contribution in [1.29, 1.82) is 0 Å². The predicted molar refractivity (Wildman–Crippen MR) is 65.8 cm³/mol. The standard InChI is InChI=1S/C12H17F3N4O/c13-12(14,15)9-2-3-10(17-8-9)11(20)16-5-7-19-6-1-4-18-19/h1,4,6,9-10,17H,2-3,5,7-8H2,(H,16,20). The molecule has 0 spiro atoms. The second-order valence-corrected chi connectivity index (χ2v) is 4.84. The van der Waals surface area contributed by atoms with Crippen molar-refractivity contribution >= 4 is 5.91 Å². The molecule has 0 saturated carbocycles. The van der Waals surface area contributed by atoms with Crippen LogP contribution in [0.4, 0.5) is 13.2 Å². The minimum absolute atomic E-state index is 0.00621. The number of alkyl halides is 3. The Morgan fingerprint density at radius 1 is 1.45 bits per heavy atom. The molecule has 1 aromatic rings. The predicted octanol–water partition coefficient (Wildman–Crippen LogP) is 0.930. The summed E-state index contributed by atoms with van der Waals surface area (Å²) in [5.74, 6) is -1.60. The van der Waals surface area contributed by atoms with Gasteiger partial charge in [-0.3, -0.25) is 9.48 Å². The van der Waals surface area contributed by atoms with Crippen molar-refractivity contribution in [2.45, 2.75) is 31.6 Å². The van der Waals surface area contributed by atoms with E-state index in [0.717, 1.165) is 0 Å². The van der Waals surface area contributed by atoms with E-state index in [0.29, 0.717) is 13.1 Å². The Kier molecular flexibility index (Phi) is 4.64. The van der Waals surface area contributed by atoms with E-state index in [1.807, 2.05) is 0 Å². The lowest BCUT2D eigenvalue weighted by molar-refractivity contribution is -0.180. The maximum Gasteiger partial charge on any atom is 0.393 e. The van der Waals surface area contributed by atoms with Crippen LogP contribution < -0.4 is 10.6 Å². The average Bonchev–Trinajstić information content (AvgIpc) is 2.91. The summed E-state index contributed by atoms with van der Waals surface area (Å²) in [4.78, 5) is 11.8. The quantitative estimate of drug-likeness (QED) is 0.867. The van der Waals surface area contributed by atoms with E-state index in [1.54, 1.807) is 23.1 Å². The first kappa shape index (κ1) is 14.8. The minimum Gasteiger partial charge on any atom is -0.353 e. The van der Waals surface area contributed by atoms with E-state index in [-0.39, 0.29) is 25.3 Å². The Labute approximate surface area is 114 Å². The normalized spacial score (nSPS) is 23.6. The summed E-state index contributed by atoms with van der Waals surface area (Å²) >= 11 is 0. The first-order chi connectivity index (χ1) is 9.47. The van der Waals surface area contributed by atoms with Crippen molar-refractivity contribution in [3.05, 3.63) is 18.5 Å². The lowest BCUT2D eigenvalue weighted by Crippen LogP contribution is -2.51. The van der Waals surface area contributed by atoms with Gasteiger partial charge in [-0.05, 0) is 18.9 Å². The second kappa shape index (κ2) is 6.25. The van der Waals surface area contributed by atoms with Crippen molar-refractivity contribution in [1.82, 2.24) is 20.4 Å². The summed E-state index contributed by atoms with van der Waals surface area (Å²) in [6.07, 6.45) is -0.569. The third-order valence-electron chi connectivity index (χ3n) is 3.39. The molecule has 112 valence electrons. The summed E-state index contributed by atoms with van der Waals surface area (Å²) in [7, 11) is 0. The lowest BCUT2D eigenvalue weighted by Gasteiger charge is -2.30. The summed E-state index contributed by atoms with van der Waals surface area (Å²) in [6, 6.07) is 1.24. The zero-order chi connectivity index (χ0) is 14.6. The van der Waals surface area contributed by atoms with Crippen molar-refractivity contribution in [3.63, 3.8) is 0 Å². The highest BCUT2D eigenvalue weighted by molar-refractivity contribution is 5.81. The van der Waals surface area contributed by atoms with E-state index < -0.39 is 18.1 Å². The number of aromatic nitrogens is 2. The zero-order valence-corrected chi connectivity index (χ0v) is 10.9. The molecule has 1 saturated heterocycles. The van der Waals surface area contributed by atoms with Gasteiger partial charge in [-0.1, -0.05) is 0 Å². The Morgan fingerprint density at radius 3 is 2.80 bits per heavy atom. The third kappa shape index (κ3) is 3.96. The number of piperidine rings is 1. The number of carbonyl (C=O) groups is 1. The highest BCUT2D eigenvalue weighted by Crippen LogP contribution is 2.31. The smallest absolute Gasteiger partial charge is 0.353 e. The van der Waals surface area contributed by atoms with E-state index in [9.17, 15) is 18.0 Å². The first-order valence-electron chi connectivity index (χ1n) is 6.52. The van der Waals surface area contributed by atoms with Gasteiger partial charge in [-0.15, -0.1) is 0 Å². The maximum atomic E-state index is 12.5. The summed E-state index contributed by atoms with van der Waals surface area (Å²) in [5, 5.41) is 9.35. The number of hydrogen-bond donors (Lipinski definition) is 2. The zero-order valence-electron chi connectivity index (χ0n) is 10.9. The molecule has 1 fully saturated rings. The number of nitrogens with one attached hydrogen (secondary N) is 2. The largest absolute Gasteiger partial charge is 0.393 e. The molecule has 0 radical (unpaired) electrons. The molecule has 2 heterocycles. The molecule has 2 unspecified atom stereocenters. The molecule has 0 aromatic carbocycles. The van der Waals surface area contributed by atoms with E-state index in [4.69, 9.17) is 0 Å². The van der Waals surface area contributed by atoms with Crippen molar-refractivity contribution < 1.29 is 18.0 Å². The van der Waals surface area contributed by atoms with Gasteiger partial charge >= 0.3 is 6.18 Å². The fraction of sp³-hybridized carbons (Fsp3) is 0.667. The number of carbonyl (C=O) groups excluding carboxylic acids is 1. The molecule has 0 aliphatic carbocycles. The summed E-state index contributed by atoms with van der Waals surface area (Å²) in [6.45, 7) is 0.749. The van der Waals surface area contributed by atoms with Gasteiger partial charge in [-0.2, -0.15) is 18.3 Å². The number of hydrogen-bond acceptors (Lipinski definition) is 3. The molecule has 8 heteroatoms. The van der Waals surface area contributed by atoms with Crippen molar-refractivity contribution in [2.75, 3.05) is 13.1 Å². The topological polar surface area (TPSA) is 59.0 Å². The van der Waals surface area contributed by atoms with Gasteiger partial charge < -0.3 is 10.6 Å². The first-order valence-corrected chi connectivity index (χ1v) is 6.52. The van der Waals surface area contributed by atoms with Crippen LogP contribution in [0, 0.1) is 5.92 Å². The van der Waals surface area contributed by atoms with E-state index >= 15 is 0 Å². The molecule has 5 nitrogen and oxygen atoms in total. The van der Waals surface area contributed by atoms with Crippen LogP contribution in [0.15, 0.2) is 18.5 Å². The van der Waals surface area contributed by atoms with Crippen molar-refractivity contribution in [2.24, 2.45) is 5.92 Å². The van der Waals surface area contributed by atoms with Crippen molar-refractivity contribution in [3.8, 4) is 0 Å². The number of halogens is 3. The highest BCUT2D eigenvalue weighted by atomic mass is 19.4. The van der Waals surface area contributed by atoms with Gasteiger partial charge in [0, 0.05) is 25.5 Å². The molecule has 0 bridgehead atoms. The third-order valence-corrected chi connectivity index (χ3v) is 3.39. The Hall–Kier alpha value is -1.57. The fourth-order valence-corrected chi connectivity index (χ4v) is 2.21. The van der Waals surface area contributed by atoms with Gasteiger partial charge in [0.2, 0.25) is 5.91 Å². The highest BCUT2D eigenvalue weighted by Gasteiger charge is 2.42. The molecule has 2 N–H and O–H groups in total. The van der Waals surface area contributed by atoms with E-state index in [1.165, 1.54) is 0 Å². The Bertz CT molecular complexity index is 424.